The Morgan fingerprint density at radius 2 is 2.11 bits per heavy atom. The van der Waals surface area contributed by atoms with Crippen LogP contribution in [-0.2, 0) is 4.79 Å². The molecule has 0 spiro atoms. The quantitative estimate of drug-likeness (QED) is 0.714. The fraction of sp³-hybridized carbons (Fsp3) is 0.500. The third kappa shape index (κ3) is 2.94. The van der Waals surface area contributed by atoms with Crippen LogP contribution in [0.15, 0.2) is 24.3 Å². The Labute approximate surface area is 112 Å². The van der Waals surface area contributed by atoms with Crippen LogP contribution in [-0.4, -0.2) is 46.3 Å². The first-order valence-electron chi connectivity index (χ1n) is 6.39. The number of nitrogens with zero attached hydrogens (tertiary/aromatic N) is 1. The summed E-state index contributed by atoms with van der Waals surface area (Å²) in [5, 5.41) is 19.0. The number of carbonyl (C=O) groups is 1. The molecule has 2 unspecified atom stereocenters. The van der Waals surface area contributed by atoms with Gasteiger partial charge in [0.25, 0.3) is 0 Å². The molecule has 2 atom stereocenters. The van der Waals surface area contributed by atoms with Crippen LogP contribution in [0.4, 0.5) is 0 Å². The number of likely N-dealkylation sites (tertiary alicyclic amines) is 1. The zero-order valence-corrected chi connectivity index (χ0v) is 11.0. The number of nitrogens with two attached hydrogens (primary N) is 1. The van der Waals surface area contributed by atoms with Gasteiger partial charge >= 0.3 is 0 Å². The number of aliphatic hydroxyl groups excluding tert-OH is 1. The third-order valence-electron chi connectivity index (χ3n) is 3.64. The summed E-state index contributed by atoms with van der Waals surface area (Å²) in [5.41, 5.74) is 6.65. The Hall–Kier alpha value is -1.43. The molecule has 5 nitrogen and oxygen atoms in total. The van der Waals surface area contributed by atoms with Crippen LogP contribution in [0.1, 0.15) is 23.6 Å². The second kappa shape index (κ2) is 5.28. The fourth-order valence-electron chi connectivity index (χ4n) is 2.29. The Kier molecular flexibility index (Phi) is 3.89. The SMILES string of the molecule is Cc1ccc(C(N)C(=O)N2CCC(O)(CO)C2)cc1. The molecule has 0 aliphatic carbocycles. The second-order valence-electron chi connectivity index (χ2n) is 5.28. The molecule has 1 aliphatic rings. The molecule has 1 amide bonds. The monoisotopic (exact) mass is 264 g/mol. The topological polar surface area (TPSA) is 86.8 Å². The average Bonchev–Trinajstić information content (AvgIpc) is 2.81. The number of benzene rings is 1. The third-order valence-corrected chi connectivity index (χ3v) is 3.64. The molecule has 1 fully saturated rings. The summed E-state index contributed by atoms with van der Waals surface area (Å²) < 4.78 is 0. The second-order valence-corrected chi connectivity index (χ2v) is 5.28. The molecular formula is C14H20N2O3. The molecule has 19 heavy (non-hydrogen) atoms. The van der Waals surface area contributed by atoms with Crippen molar-refractivity contribution in [3.8, 4) is 0 Å². The highest BCUT2D eigenvalue weighted by atomic mass is 16.3. The summed E-state index contributed by atoms with van der Waals surface area (Å²) in [6.45, 7) is 2.20. The maximum Gasteiger partial charge on any atom is 0.244 e. The van der Waals surface area contributed by atoms with Crippen molar-refractivity contribution in [3.05, 3.63) is 35.4 Å². The molecule has 0 radical (unpaired) electrons. The van der Waals surface area contributed by atoms with E-state index in [1.807, 2.05) is 31.2 Å². The van der Waals surface area contributed by atoms with Crippen molar-refractivity contribution in [2.75, 3.05) is 19.7 Å². The molecule has 2 rings (SSSR count). The van der Waals surface area contributed by atoms with Crippen LogP contribution in [0.5, 0.6) is 0 Å². The zero-order chi connectivity index (χ0) is 14.0. The van der Waals surface area contributed by atoms with Crippen LogP contribution in [0.2, 0.25) is 0 Å². The van der Waals surface area contributed by atoms with Crippen molar-refractivity contribution in [2.45, 2.75) is 25.0 Å². The van der Waals surface area contributed by atoms with Crippen LogP contribution in [0.3, 0.4) is 0 Å². The summed E-state index contributed by atoms with van der Waals surface area (Å²) >= 11 is 0. The summed E-state index contributed by atoms with van der Waals surface area (Å²) in [6.07, 6.45) is 0.385. The Bertz CT molecular complexity index is 460. The van der Waals surface area contributed by atoms with Gasteiger partial charge in [-0.25, -0.2) is 0 Å². The number of aliphatic hydroxyl groups is 2. The highest BCUT2D eigenvalue weighted by Gasteiger charge is 2.39. The number of rotatable bonds is 3. The fourth-order valence-corrected chi connectivity index (χ4v) is 2.29. The lowest BCUT2D eigenvalue weighted by atomic mass is 10.0. The summed E-state index contributed by atoms with van der Waals surface area (Å²) in [5.74, 6) is -0.215. The lowest BCUT2D eigenvalue weighted by Crippen LogP contribution is -2.42. The van der Waals surface area contributed by atoms with Gasteiger partial charge in [-0.15, -0.1) is 0 Å². The Balaban J connectivity index is 2.06. The molecule has 1 heterocycles. The molecule has 0 aromatic heterocycles. The lowest BCUT2D eigenvalue weighted by Gasteiger charge is -2.23. The predicted octanol–water partition coefficient (Wildman–Crippen LogP) is -0.0495. The summed E-state index contributed by atoms with van der Waals surface area (Å²) in [4.78, 5) is 13.8. The first kappa shape index (κ1) is 14.0. The number of carbonyl (C=O) groups excluding carboxylic acids is 1. The van der Waals surface area contributed by atoms with Crippen molar-refractivity contribution in [1.82, 2.24) is 4.90 Å². The van der Waals surface area contributed by atoms with E-state index in [1.165, 1.54) is 4.90 Å². The Morgan fingerprint density at radius 3 is 2.63 bits per heavy atom. The van der Waals surface area contributed by atoms with Crippen LogP contribution in [0.25, 0.3) is 0 Å². The number of amides is 1. The molecule has 0 bridgehead atoms. The number of hydrogen-bond donors (Lipinski definition) is 3. The number of aryl methyl sites for hydroxylation is 1. The van der Waals surface area contributed by atoms with Gasteiger partial charge in [-0.1, -0.05) is 29.8 Å². The average molecular weight is 264 g/mol. The van der Waals surface area contributed by atoms with Gasteiger partial charge in [0, 0.05) is 6.54 Å². The van der Waals surface area contributed by atoms with Crippen LogP contribution < -0.4 is 5.73 Å². The van der Waals surface area contributed by atoms with E-state index in [2.05, 4.69) is 0 Å². The van der Waals surface area contributed by atoms with E-state index in [1.54, 1.807) is 0 Å². The van der Waals surface area contributed by atoms with E-state index in [4.69, 9.17) is 10.8 Å². The molecule has 1 aliphatic heterocycles. The van der Waals surface area contributed by atoms with Crippen LogP contribution in [0, 0.1) is 6.92 Å². The molecule has 4 N–H and O–H groups in total. The minimum Gasteiger partial charge on any atom is -0.393 e. The van der Waals surface area contributed by atoms with E-state index in [0.717, 1.165) is 11.1 Å². The number of hydrogen-bond acceptors (Lipinski definition) is 4. The maximum atomic E-state index is 12.2. The van der Waals surface area contributed by atoms with E-state index >= 15 is 0 Å². The maximum absolute atomic E-state index is 12.2. The van der Waals surface area contributed by atoms with Gasteiger partial charge in [-0.2, -0.15) is 0 Å². The van der Waals surface area contributed by atoms with Gasteiger partial charge in [0.1, 0.15) is 11.6 Å². The first-order chi connectivity index (χ1) is 8.95. The van der Waals surface area contributed by atoms with E-state index < -0.39 is 11.6 Å². The first-order valence-corrected chi connectivity index (χ1v) is 6.39. The van der Waals surface area contributed by atoms with Crippen molar-refractivity contribution < 1.29 is 15.0 Å². The number of β-amino-alcohol motifs (C(OH)–C–C–N with tert-alkyl or cyclic N) is 1. The van der Waals surface area contributed by atoms with Gasteiger partial charge in [0.05, 0.1) is 13.2 Å². The minimum atomic E-state index is -1.18. The van der Waals surface area contributed by atoms with Crippen molar-refractivity contribution in [2.24, 2.45) is 5.73 Å². The van der Waals surface area contributed by atoms with Gasteiger partial charge in [0.2, 0.25) is 5.91 Å². The van der Waals surface area contributed by atoms with Crippen molar-refractivity contribution in [3.63, 3.8) is 0 Å². The molecular weight excluding hydrogens is 244 g/mol. The van der Waals surface area contributed by atoms with Gasteiger partial charge < -0.3 is 20.8 Å². The molecule has 104 valence electrons. The normalized spacial score (nSPS) is 24.5. The Morgan fingerprint density at radius 1 is 1.47 bits per heavy atom. The minimum absolute atomic E-state index is 0.141. The lowest BCUT2D eigenvalue weighted by molar-refractivity contribution is -0.133. The van der Waals surface area contributed by atoms with Crippen molar-refractivity contribution >= 4 is 5.91 Å². The van der Waals surface area contributed by atoms with Crippen molar-refractivity contribution in [1.29, 1.82) is 0 Å². The van der Waals surface area contributed by atoms with Gasteiger partial charge in [-0.05, 0) is 18.9 Å². The standard InChI is InChI=1S/C14H20N2O3/c1-10-2-4-11(5-3-10)12(15)13(18)16-7-6-14(19,8-16)9-17/h2-5,12,17,19H,6-9,15H2,1H3. The van der Waals surface area contributed by atoms with E-state index in [9.17, 15) is 9.90 Å². The summed E-state index contributed by atoms with van der Waals surface area (Å²) in [6, 6.07) is 6.78. The molecule has 0 saturated carbocycles. The molecule has 1 aromatic rings. The highest BCUT2D eigenvalue weighted by Crippen LogP contribution is 2.23. The molecule has 1 saturated heterocycles. The largest absolute Gasteiger partial charge is 0.393 e. The van der Waals surface area contributed by atoms with E-state index in [0.29, 0.717) is 13.0 Å². The van der Waals surface area contributed by atoms with Crippen LogP contribution >= 0.6 is 0 Å². The smallest absolute Gasteiger partial charge is 0.244 e. The van der Waals surface area contributed by atoms with Gasteiger partial charge in [0.15, 0.2) is 0 Å². The molecule has 5 heteroatoms. The predicted molar refractivity (Wildman–Crippen MR) is 71.3 cm³/mol. The molecule has 1 aromatic carbocycles. The highest BCUT2D eigenvalue weighted by molar-refractivity contribution is 5.83. The zero-order valence-electron chi connectivity index (χ0n) is 11.0. The van der Waals surface area contributed by atoms with Gasteiger partial charge in [-0.3, -0.25) is 4.79 Å². The summed E-state index contributed by atoms with van der Waals surface area (Å²) in [7, 11) is 0. The van der Waals surface area contributed by atoms with E-state index in [-0.39, 0.29) is 19.1 Å².